The fraction of sp³-hybridized carbons (Fsp3) is 0.727. The van der Waals surface area contributed by atoms with Gasteiger partial charge in [-0.15, -0.1) is 0 Å². The van der Waals surface area contributed by atoms with Gasteiger partial charge in [0.25, 0.3) is 0 Å². The average Bonchev–Trinajstić information content (AvgIpc) is 2.27. The van der Waals surface area contributed by atoms with Gasteiger partial charge in [-0.2, -0.15) is 5.26 Å². The smallest absolute Gasteiger partial charge is 0.325 e. The summed E-state index contributed by atoms with van der Waals surface area (Å²) >= 11 is 0. The zero-order chi connectivity index (χ0) is 12.8. The highest BCUT2D eigenvalue weighted by Gasteiger charge is 2.32. The lowest BCUT2D eigenvalue weighted by Crippen LogP contribution is -2.43. The summed E-state index contributed by atoms with van der Waals surface area (Å²) in [6.07, 6.45) is 0.726. The van der Waals surface area contributed by atoms with Gasteiger partial charge in [-0.1, -0.05) is 6.92 Å². The van der Waals surface area contributed by atoms with Crippen molar-refractivity contribution >= 4 is 11.9 Å². The third kappa shape index (κ3) is 3.89. The maximum absolute atomic E-state index is 11.9. The van der Waals surface area contributed by atoms with E-state index < -0.39 is 11.4 Å². The Morgan fingerprint density at radius 3 is 2.38 bits per heavy atom. The Kier molecular flexibility index (Phi) is 5.51. The topological polar surface area (TPSA) is 70.4 Å². The van der Waals surface area contributed by atoms with Crippen molar-refractivity contribution in [1.29, 1.82) is 5.26 Å². The molecule has 90 valence electrons. The number of hydrogen-bond donors (Lipinski definition) is 0. The molecule has 0 saturated carbocycles. The van der Waals surface area contributed by atoms with Crippen LogP contribution in [-0.4, -0.2) is 37.0 Å². The number of nitriles is 1. The molecule has 5 heteroatoms. The molecule has 0 radical (unpaired) electrons. The number of carbonyl (C=O) groups excluding carboxylic acids is 2. The van der Waals surface area contributed by atoms with Gasteiger partial charge < -0.3 is 9.64 Å². The third-order valence-corrected chi connectivity index (χ3v) is 2.14. The molecule has 0 aliphatic heterocycles. The average molecular weight is 226 g/mol. The molecule has 0 unspecified atom stereocenters. The van der Waals surface area contributed by atoms with Gasteiger partial charge in [-0.3, -0.25) is 9.59 Å². The first-order valence-electron chi connectivity index (χ1n) is 5.16. The number of ether oxygens (including phenoxy) is 1. The number of methoxy groups -OCH3 is 1. The van der Waals surface area contributed by atoms with E-state index in [0.717, 1.165) is 6.42 Å². The molecule has 0 rings (SSSR count). The first-order valence-corrected chi connectivity index (χ1v) is 5.16. The van der Waals surface area contributed by atoms with Gasteiger partial charge in [-0.05, 0) is 20.3 Å². The van der Waals surface area contributed by atoms with Gasteiger partial charge >= 0.3 is 5.97 Å². The Balaban J connectivity index is 4.73. The van der Waals surface area contributed by atoms with E-state index >= 15 is 0 Å². The fourth-order valence-corrected chi connectivity index (χ4v) is 1.19. The highest BCUT2D eigenvalue weighted by molar-refractivity contribution is 5.87. The highest BCUT2D eigenvalue weighted by Crippen LogP contribution is 2.17. The van der Waals surface area contributed by atoms with Crippen molar-refractivity contribution in [1.82, 2.24) is 4.90 Å². The first kappa shape index (κ1) is 14.4. The van der Waals surface area contributed by atoms with Crippen LogP contribution >= 0.6 is 0 Å². The predicted octanol–water partition coefficient (Wildman–Crippen LogP) is 0.948. The molecule has 0 aromatic heterocycles. The second-order valence-electron chi connectivity index (χ2n) is 4.04. The molecule has 0 aliphatic carbocycles. The van der Waals surface area contributed by atoms with Crippen LogP contribution in [0.4, 0.5) is 0 Å². The fourth-order valence-electron chi connectivity index (χ4n) is 1.19. The lowest BCUT2D eigenvalue weighted by atomic mass is 9.93. The number of hydrogen-bond acceptors (Lipinski definition) is 4. The normalized spacial score (nSPS) is 10.4. The van der Waals surface area contributed by atoms with E-state index in [-0.39, 0.29) is 12.5 Å². The lowest BCUT2D eigenvalue weighted by Gasteiger charge is -2.26. The van der Waals surface area contributed by atoms with Gasteiger partial charge in [0.15, 0.2) is 0 Å². The van der Waals surface area contributed by atoms with Crippen molar-refractivity contribution in [3.05, 3.63) is 0 Å². The summed E-state index contributed by atoms with van der Waals surface area (Å²) < 4.78 is 4.51. The van der Waals surface area contributed by atoms with Crippen molar-refractivity contribution in [2.45, 2.75) is 27.2 Å². The van der Waals surface area contributed by atoms with Crippen LogP contribution in [0.3, 0.4) is 0 Å². The van der Waals surface area contributed by atoms with Gasteiger partial charge in [0, 0.05) is 6.54 Å². The van der Waals surface area contributed by atoms with Gasteiger partial charge in [0.1, 0.15) is 12.0 Å². The molecule has 0 aromatic rings. The lowest BCUT2D eigenvalue weighted by molar-refractivity contribution is -0.149. The van der Waals surface area contributed by atoms with E-state index in [4.69, 9.17) is 5.26 Å². The van der Waals surface area contributed by atoms with Crippen molar-refractivity contribution in [2.75, 3.05) is 20.2 Å². The summed E-state index contributed by atoms with van der Waals surface area (Å²) in [6.45, 7) is 5.31. The molecule has 16 heavy (non-hydrogen) atoms. The van der Waals surface area contributed by atoms with E-state index in [0.29, 0.717) is 6.54 Å². The Morgan fingerprint density at radius 2 is 2.00 bits per heavy atom. The summed E-state index contributed by atoms with van der Waals surface area (Å²) in [7, 11) is 1.27. The van der Waals surface area contributed by atoms with Crippen molar-refractivity contribution < 1.29 is 14.3 Å². The Hall–Kier alpha value is -1.57. The molecule has 1 amide bonds. The monoisotopic (exact) mass is 226 g/mol. The van der Waals surface area contributed by atoms with Crippen LogP contribution in [0.15, 0.2) is 0 Å². The van der Waals surface area contributed by atoms with E-state index in [9.17, 15) is 9.59 Å². The molecule has 0 bridgehead atoms. The second-order valence-corrected chi connectivity index (χ2v) is 4.04. The van der Waals surface area contributed by atoms with Crippen molar-refractivity contribution in [3.8, 4) is 6.07 Å². The van der Waals surface area contributed by atoms with Gasteiger partial charge in [-0.25, -0.2) is 0 Å². The Labute approximate surface area is 96.0 Å². The largest absolute Gasteiger partial charge is 0.468 e. The van der Waals surface area contributed by atoms with E-state index in [1.807, 2.05) is 13.0 Å². The molecule has 5 nitrogen and oxygen atoms in total. The molecule has 0 aromatic carbocycles. The third-order valence-electron chi connectivity index (χ3n) is 2.14. The number of nitrogens with zero attached hydrogens (tertiary/aromatic N) is 2. The second kappa shape index (κ2) is 6.11. The maximum Gasteiger partial charge on any atom is 0.325 e. The molecule has 0 atom stereocenters. The van der Waals surface area contributed by atoms with Crippen LogP contribution in [0.5, 0.6) is 0 Å². The molecule has 0 saturated heterocycles. The maximum atomic E-state index is 11.9. The number of rotatable bonds is 5. The zero-order valence-corrected chi connectivity index (χ0v) is 10.2. The van der Waals surface area contributed by atoms with Crippen LogP contribution in [0.1, 0.15) is 27.2 Å². The van der Waals surface area contributed by atoms with E-state index in [2.05, 4.69) is 4.74 Å². The molecule has 0 heterocycles. The summed E-state index contributed by atoms with van der Waals surface area (Å²) in [4.78, 5) is 24.4. The molecule has 0 spiro atoms. The number of amides is 1. The predicted molar refractivity (Wildman–Crippen MR) is 58.3 cm³/mol. The standard InChI is InChI=1S/C11H18N2O3/c1-5-6-13(7-9(14)16-4)10(15)11(2,3)8-12/h5-7H2,1-4H3. The highest BCUT2D eigenvalue weighted by atomic mass is 16.5. The molecule has 0 N–H and O–H groups in total. The summed E-state index contributed by atoms with van der Waals surface area (Å²) in [5.74, 6) is -0.821. The van der Waals surface area contributed by atoms with Gasteiger partial charge in [0.2, 0.25) is 5.91 Å². The van der Waals surface area contributed by atoms with Crippen LogP contribution in [-0.2, 0) is 14.3 Å². The number of carbonyl (C=O) groups is 2. The van der Waals surface area contributed by atoms with Crippen molar-refractivity contribution in [2.24, 2.45) is 5.41 Å². The van der Waals surface area contributed by atoms with E-state index in [1.54, 1.807) is 0 Å². The molecular formula is C11H18N2O3. The van der Waals surface area contributed by atoms with Crippen molar-refractivity contribution in [3.63, 3.8) is 0 Å². The minimum Gasteiger partial charge on any atom is -0.468 e. The van der Waals surface area contributed by atoms with Crippen LogP contribution in [0.25, 0.3) is 0 Å². The summed E-state index contributed by atoms with van der Waals surface area (Å²) in [5, 5.41) is 8.86. The van der Waals surface area contributed by atoms with Crippen LogP contribution in [0, 0.1) is 16.7 Å². The quantitative estimate of drug-likeness (QED) is 0.654. The molecule has 0 aliphatic rings. The van der Waals surface area contributed by atoms with Gasteiger partial charge in [0.05, 0.1) is 13.2 Å². The minimum atomic E-state index is -1.11. The Morgan fingerprint density at radius 1 is 1.44 bits per heavy atom. The Bertz CT molecular complexity index is 305. The first-order chi connectivity index (χ1) is 7.38. The summed E-state index contributed by atoms with van der Waals surface area (Å²) in [6, 6.07) is 1.93. The molecular weight excluding hydrogens is 208 g/mol. The van der Waals surface area contributed by atoms with Crippen LogP contribution in [0.2, 0.25) is 0 Å². The SMILES string of the molecule is CCCN(CC(=O)OC)C(=O)C(C)(C)C#N. The molecule has 0 fully saturated rings. The van der Waals surface area contributed by atoms with Crippen LogP contribution < -0.4 is 0 Å². The summed E-state index contributed by atoms with van der Waals surface area (Å²) in [5.41, 5.74) is -1.11. The minimum absolute atomic E-state index is 0.103. The van der Waals surface area contributed by atoms with E-state index in [1.165, 1.54) is 25.9 Å². The number of esters is 1. The zero-order valence-electron chi connectivity index (χ0n) is 10.2.